The molecule has 0 aromatic heterocycles. The number of ether oxygens (including phenoxy) is 2. The van der Waals surface area contributed by atoms with Crippen LogP contribution < -0.4 is 5.32 Å². The average Bonchev–Trinajstić information content (AvgIpc) is 2.56. The number of nitrogens with one attached hydrogen (secondary N) is 1. The predicted octanol–water partition coefficient (Wildman–Crippen LogP) is 3.49. The first kappa shape index (κ1) is 18.5. The first-order valence-corrected chi connectivity index (χ1v) is 7.81. The molecule has 0 amide bonds. The third-order valence-electron chi connectivity index (χ3n) is 3.56. The van der Waals surface area contributed by atoms with Crippen LogP contribution in [0.1, 0.15) is 61.2 Å². The highest BCUT2D eigenvalue weighted by molar-refractivity contribution is 5.90. The van der Waals surface area contributed by atoms with Gasteiger partial charge in [-0.3, -0.25) is 0 Å². The van der Waals surface area contributed by atoms with Crippen LogP contribution in [0.3, 0.4) is 0 Å². The summed E-state index contributed by atoms with van der Waals surface area (Å²) < 4.78 is 9.69. The Balaban J connectivity index is 2.72. The minimum atomic E-state index is -1.02. The molecule has 1 aromatic rings. The summed E-state index contributed by atoms with van der Waals surface area (Å²) in [6, 6.07) is 4.99. The van der Waals surface area contributed by atoms with Crippen molar-refractivity contribution in [2.24, 2.45) is 0 Å². The molecule has 0 heterocycles. The summed E-state index contributed by atoms with van der Waals surface area (Å²) in [5, 5.41) is 13.2. The van der Waals surface area contributed by atoms with Crippen LogP contribution in [0.2, 0.25) is 0 Å². The summed E-state index contributed by atoms with van der Waals surface area (Å²) in [5.41, 5.74) is 1.76. The number of carbonyl (C=O) groups excluding carboxylic acids is 1. The van der Waals surface area contributed by atoms with Crippen molar-refractivity contribution in [3.8, 4) is 0 Å². The van der Waals surface area contributed by atoms with Crippen LogP contribution in [-0.2, 0) is 9.47 Å². The van der Waals surface area contributed by atoms with Crippen LogP contribution in [0, 0.1) is 0 Å². The molecule has 0 fully saturated rings. The molecule has 1 unspecified atom stereocenters. The maximum absolute atomic E-state index is 11.6. The van der Waals surface area contributed by atoms with E-state index in [1.165, 1.54) is 39.9 Å². The third-order valence-corrected chi connectivity index (χ3v) is 3.56. The van der Waals surface area contributed by atoms with E-state index in [4.69, 9.17) is 9.47 Å². The van der Waals surface area contributed by atoms with Crippen LogP contribution in [0.25, 0.3) is 0 Å². The van der Waals surface area contributed by atoms with Gasteiger partial charge in [-0.15, -0.1) is 0 Å². The van der Waals surface area contributed by atoms with E-state index in [-0.39, 0.29) is 0 Å². The van der Waals surface area contributed by atoms with Crippen LogP contribution >= 0.6 is 0 Å². The van der Waals surface area contributed by atoms with Crippen molar-refractivity contribution in [2.45, 2.75) is 45.3 Å². The topological polar surface area (TPSA) is 67.8 Å². The van der Waals surface area contributed by atoms with Gasteiger partial charge in [-0.1, -0.05) is 38.7 Å². The number of hydrogen-bond acceptors (Lipinski definition) is 5. The molecule has 0 aliphatic heterocycles. The largest absolute Gasteiger partial charge is 0.465 e. The summed E-state index contributed by atoms with van der Waals surface area (Å²) >= 11 is 0. The minimum absolute atomic E-state index is 0.399. The summed E-state index contributed by atoms with van der Waals surface area (Å²) in [6.07, 6.45) is 4.90. The molecule has 0 saturated carbocycles. The zero-order chi connectivity index (χ0) is 16.4. The van der Waals surface area contributed by atoms with Crippen molar-refractivity contribution in [1.29, 1.82) is 0 Å². The fourth-order valence-corrected chi connectivity index (χ4v) is 2.25. The number of unbranched alkanes of at least 4 members (excludes halogenated alkanes) is 4. The summed E-state index contributed by atoms with van der Waals surface area (Å²) in [6.45, 7) is 2.98. The van der Waals surface area contributed by atoms with Crippen molar-refractivity contribution < 1.29 is 19.4 Å². The standard InChI is InChI=1S/C17H27NO4/c1-4-5-6-7-8-11-18-15-12-13(16(19)21-2)9-10-14(15)17(20)22-3/h9-10,12,17-18,20H,4-8,11H2,1-3H3. The molecular weight excluding hydrogens is 282 g/mol. The van der Waals surface area contributed by atoms with Crippen LogP contribution in [0.15, 0.2) is 18.2 Å². The molecule has 0 spiro atoms. The van der Waals surface area contributed by atoms with E-state index in [0.717, 1.165) is 13.0 Å². The highest BCUT2D eigenvalue weighted by Gasteiger charge is 2.15. The molecule has 0 saturated heterocycles. The molecule has 124 valence electrons. The lowest BCUT2D eigenvalue weighted by Gasteiger charge is -2.16. The maximum atomic E-state index is 11.6. The van der Waals surface area contributed by atoms with Gasteiger partial charge in [-0.2, -0.15) is 0 Å². The van der Waals surface area contributed by atoms with Gasteiger partial charge in [0.25, 0.3) is 0 Å². The SMILES string of the molecule is CCCCCCCNc1cc(C(=O)OC)ccc1C(O)OC. The molecule has 5 nitrogen and oxygen atoms in total. The minimum Gasteiger partial charge on any atom is -0.465 e. The van der Waals surface area contributed by atoms with E-state index < -0.39 is 12.3 Å². The van der Waals surface area contributed by atoms with Crippen molar-refractivity contribution in [3.05, 3.63) is 29.3 Å². The van der Waals surface area contributed by atoms with Crippen molar-refractivity contribution in [3.63, 3.8) is 0 Å². The number of aliphatic hydroxyl groups excluding tert-OH is 1. The second kappa shape index (κ2) is 10.2. The van der Waals surface area contributed by atoms with Crippen molar-refractivity contribution in [2.75, 3.05) is 26.1 Å². The fraction of sp³-hybridized carbons (Fsp3) is 0.588. The molecule has 0 aliphatic rings. The van der Waals surface area contributed by atoms with Gasteiger partial charge >= 0.3 is 5.97 Å². The first-order valence-electron chi connectivity index (χ1n) is 7.81. The molecule has 22 heavy (non-hydrogen) atoms. The summed E-state index contributed by atoms with van der Waals surface area (Å²) in [4.78, 5) is 11.6. The lowest BCUT2D eigenvalue weighted by molar-refractivity contribution is -0.0764. The Hall–Kier alpha value is -1.59. The normalized spacial score (nSPS) is 12.0. The molecule has 1 atom stereocenters. The molecular formula is C17H27NO4. The molecule has 2 N–H and O–H groups in total. The highest BCUT2D eigenvalue weighted by atomic mass is 16.6. The fourth-order valence-electron chi connectivity index (χ4n) is 2.25. The van der Waals surface area contributed by atoms with Crippen LogP contribution in [0.5, 0.6) is 0 Å². The molecule has 0 radical (unpaired) electrons. The van der Waals surface area contributed by atoms with Gasteiger partial charge in [-0.05, 0) is 18.6 Å². The Labute approximate surface area is 132 Å². The molecule has 1 rings (SSSR count). The average molecular weight is 309 g/mol. The quantitative estimate of drug-likeness (QED) is 0.393. The molecule has 0 aliphatic carbocycles. The van der Waals surface area contributed by atoms with E-state index in [2.05, 4.69) is 12.2 Å². The van der Waals surface area contributed by atoms with E-state index in [1.807, 2.05) is 0 Å². The van der Waals surface area contributed by atoms with Gasteiger partial charge in [0.15, 0.2) is 6.29 Å². The van der Waals surface area contributed by atoms with Gasteiger partial charge in [0.1, 0.15) is 0 Å². The number of methoxy groups -OCH3 is 2. The Kier molecular flexibility index (Phi) is 8.55. The smallest absolute Gasteiger partial charge is 0.337 e. The lowest BCUT2D eigenvalue weighted by Crippen LogP contribution is -2.10. The number of esters is 1. The zero-order valence-electron chi connectivity index (χ0n) is 13.7. The second-order valence-corrected chi connectivity index (χ2v) is 5.22. The highest BCUT2D eigenvalue weighted by Crippen LogP contribution is 2.25. The first-order chi connectivity index (χ1) is 10.6. The summed E-state index contributed by atoms with van der Waals surface area (Å²) in [5.74, 6) is -0.399. The Bertz CT molecular complexity index is 462. The van der Waals surface area contributed by atoms with E-state index in [1.54, 1.807) is 18.2 Å². The molecule has 0 bridgehead atoms. The lowest BCUT2D eigenvalue weighted by atomic mass is 10.1. The van der Waals surface area contributed by atoms with Gasteiger partial charge in [0.05, 0.1) is 12.7 Å². The number of rotatable bonds is 10. The Morgan fingerprint density at radius 1 is 1.23 bits per heavy atom. The van der Waals surface area contributed by atoms with E-state index in [9.17, 15) is 9.90 Å². The van der Waals surface area contributed by atoms with Gasteiger partial charge in [0, 0.05) is 24.9 Å². The predicted molar refractivity (Wildman–Crippen MR) is 87.0 cm³/mol. The number of aliphatic hydroxyl groups is 1. The monoisotopic (exact) mass is 309 g/mol. The number of hydrogen-bond donors (Lipinski definition) is 2. The van der Waals surface area contributed by atoms with Gasteiger partial charge in [-0.25, -0.2) is 4.79 Å². The summed E-state index contributed by atoms with van der Waals surface area (Å²) in [7, 11) is 2.79. The molecule has 5 heteroatoms. The number of benzene rings is 1. The van der Waals surface area contributed by atoms with E-state index in [0.29, 0.717) is 16.8 Å². The number of carbonyl (C=O) groups is 1. The van der Waals surface area contributed by atoms with Gasteiger partial charge < -0.3 is 19.9 Å². The molecule has 1 aromatic carbocycles. The van der Waals surface area contributed by atoms with Crippen molar-refractivity contribution >= 4 is 11.7 Å². The van der Waals surface area contributed by atoms with Crippen LogP contribution in [0.4, 0.5) is 5.69 Å². The second-order valence-electron chi connectivity index (χ2n) is 5.22. The van der Waals surface area contributed by atoms with Crippen LogP contribution in [-0.4, -0.2) is 31.8 Å². The third kappa shape index (κ3) is 5.66. The van der Waals surface area contributed by atoms with Crippen molar-refractivity contribution in [1.82, 2.24) is 0 Å². The Morgan fingerprint density at radius 3 is 2.59 bits per heavy atom. The Morgan fingerprint density at radius 2 is 1.95 bits per heavy atom. The van der Waals surface area contributed by atoms with Gasteiger partial charge in [0.2, 0.25) is 0 Å². The number of anilines is 1. The zero-order valence-corrected chi connectivity index (χ0v) is 13.7. The maximum Gasteiger partial charge on any atom is 0.337 e. The van der Waals surface area contributed by atoms with E-state index >= 15 is 0 Å².